The number of ketones is 1. The van der Waals surface area contributed by atoms with Crippen LogP contribution in [0.15, 0.2) is 69.5 Å². The Morgan fingerprint density at radius 1 is 1.19 bits per heavy atom. The van der Waals surface area contributed by atoms with E-state index in [1.165, 1.54) is 29.2 Å². The fourth-order valence-electron chi connectivity index (χ4n) is 3.20. The topological polar surface area (TPSA) is 81.4 Å². The molecule has 0 aliphatic rings. The van der Waals surface area contributed by atoms with Gasteiger partial charge in [-0.3, -0.25) is 14.2 Å². The maximum absolute atomic E-state index is 13.1. The predicted molar refractivity (Wildman–Crippen MR) is 125 cm³/mol. The van der Waals surface area contributed by atoms with Gasteiger partial charge in [-0.05, 0) is 48.9 Å². The molecule has 2 aromatic heterocycles. The Bertz CT molecular complexity index is 1280. The van der Waals surface area contributed by atoms with Gasteiger partial charge in [-0.2, -0.15) is 0 Å². The smallest absolute Gasteiger partial charge is 0.262 e. The zero-order valence-corrected chi connectivity index (χ0v) is 19.0. The summed E-state index contributed by atoms with van der Waals surface area (Å²) >= 11 is 4.84. The van der Waals surface area contributed by atoms with Crippen molar-refractivity contribution in [3.8, 4) is 16.9 Å². The first-order chi connectivity index (χ1) is 14.9. The summed E-state index contributed by atoms with van der Waals surface area (Å²) in [6.45, 7) is 1.56. The molecule has 0 spiro atoms. The van der Waals surface area contributed by atoms with Gasteiger partial charge < -0.3 is 9.84 Å². The van der Waals surface area contributed by atoms with Gasteiger partial charge in [-0.1, -0.05) is 28.1 Å². The van der Waals surface area contributed by atoms with E-state index in [1.807, 2.05) is 29.6 Å². The van der Waals surface area contributed by atoms with E-state index >= 15 is 0 Å². The van der Waals surface area contributed by atoms with E-state index in [4.69, 9.17) is 4.74 Å². The number of carbonyl (C=O) groups excluding carboxylic acids is 1. The summed E-state index contributed by atoms with van der Waals surface area (Å²) in [4.78, 5) is 29.5. The number of nitrogens with zero attached hydrogens (tertiary/aromatic N) is 2. The number of thiophene rings is 1. The SMILES string of the molecule is CC(=O)c1ccc(OCC(O)Cn2cnc3scc(-c4ccc(Br)cc4)c3c2=O)cc1. The molecule has 0 radical (unpaired) electrons. The summed E-state index contributed by atoms with van der Waals surface area (Å²) in [5.74, 6) is 0.519. The highest BCUT2D eigenvalue weighted by atomic mass is 79.9. The van der Waals surface area contributed by atoms with Crippen LogP contribution in [0.1, 0.15) is 17.3 Å². The van der Waals surface area contributed by atoms with Crippen LogP contribution in [0, 0.1) is 0 Å². The number of aromatic nitrogens is 2. The third kappa shape index (κ3) is 4.76. The van der Waals surface area contributed by atoms with E-state index in [2.05, 4.69) is 20.9 Å². The van der Waals surface area contributed by atoms with Gasteiger partial charge in [0.1, 0.15) is 23.3 Å². The first-order valence-electron chi connectivity index (χ1n) is 9.57. The van der Waals surface area contributed by atoms with Crippen LogP contribution in [0.2, 0.25) is 0 Å². The molecule has 31 heavy (non-hydrogen) atoms. The van der Waals surface area contributed by atoms with E-state index in [-0.39, 0.29) is 24.5 Å². The molecule has 2 aromatic carbocycles. The Hall–Kier alpha value is -2.81. The zero-order chi connectivity index (χ0) is 22.0. The molecular weight excluding hydrogens is 480 g/mol. The highest BCUT2D eigenvalue weighted by molar-refractivity contribution is 9.10. The Morgan fingerprint density at radius 3 is 2.58 bits per heavy atom. The number of aliphatic hydroxyl groups excluding tert-OH is 1. The maximum atomic E-state index is 13.1. The number of hydrogen-bond acceptors (Lipinski definition) is 6. The number of halogens is 1. The molecule has 4 aromatic rings. The average Bonchev–Trinajstić information content (AvgIpc) is 3.20. The van der Waals surface area contributed by atoms with E-state index in [9.17, 15) is 14.7 Å². The first kappa shape index (κ1) is 21.4. The Kier molecular flexibility index (Phi) is 6.31. The molecule has 0 saturated heterocycles. The quantitative estimate of drug-likeness (QED) is 0.378. The van der Waals surface area contributed by atoms with Crippen molar-refractivity contribution in [3.05, 3.63) is 80.6 Å². The monoisotopic (exact) mass is 498 g/mol. The average molecular weight is 499 g/mol. The normalized spacial score (nSPS) is 12.1. The van der Waals surface area contributed by atoms with Gasteiger partial charge in [-0.25, -0.2) is 4.98 Å². The van der Waals surface area contributed by atoms with Crippen molar-refractivity contribution in [2.24, 2.45) is 0 Å². The number of rotatable bonds is 7. The van der Waals surface area contributed by atoms with Crippen molar-refractivity contribution in [1.29, 1.82) is 0 Å². The summed E-state index contributed by atoms with van der Waals surface area (Å²) in [6, 6.07) is 14.5. The number of hydrogen-bond donors (Lipinski definition) is 1. The Labute approximate surface area is 190 Å². The second-order valence-corrected chi connectivity index (χ2v) is 8.86. The molecule has 2 heterocycles. The van der Waals surface area contributed by atoms with Crippen LogP contribution in [0.3, 0.4) is 0 Å². The van der Waals surface area contributed by atoms with Gasteiger partial charge >= 0.3 is 0 Å². The Morgan fingerprint density at radius 2 is 1.90 bits per heavy atom. The summed E-state index contributed by atoms with van der Waals surface area (Å²) < 4.78 is 7.96. The van der Waals surface area contributed by atoms with Gasteiger partial charge in [0.2, 0.25) is 0 Å². The van der Waals surface area contributed by atoms with Gasteiger partial charge in [0.05, 0.1) is 18.3 Å². The third-order valence-corrected chi connectivity index (χ3v) is 6.24. The summed E-state index contributed by atoms with van der Waals surface area (Å²) in [6.07, 6.45) is 0.552. The Balaban J connectivity index is 1.51. The number of fused-ring (bicyclic) bond motifs is 1. The molecule has 1 atom stereocenters. The largest absolute Gasteiger partial charge is 0.491 e. The summed E-state index contributed by atoms with van der Waals surface area (Å²) in [5.41, 5.74) is 2.16. The fourth-order valence-corrected chi connectivity index (χ4v) is 4.37. The molecule has 0 bridgehead atoms. The number of aliphatic hydroxyl groups is 1. The van der Waals surface area contributed by atoms with Gasteiger partial charge in [0.15, 0.2) is 5.78 Å². The number of ether oxygens (including phenoxy) is 1. The molecule has 1 unspecified atom stereocenters. The lowest BCUT2D eigenvalue weighted by Crippen LogP contribution is -2.30. The molecule has 4 rings (SSSR count). The van der Waals surface area contributed by atoms with Crippen LogP contribution < -0.4 is 10.3 Å². The van der Waals surface area contributed by atoms with Crippen molar-refractivity contribution >= 4 is 43.3 Å². The maximum Gasteiger partial charge on any atom is 0.262 e. The van der Waals surface area contributed by atoms with Crippen LogP contribution in [0.25, 0.3) is 21.3 Å². The van der Waals surface area contributed by atoms with E-state index in [1.54, 1.807) is 24.3 Å². The third-order valence-electron chi connectivity index (χ3n) is 4.83. The lowest BCUT2D eigenvalue weighted by molar-refractivity contribution is 0.0914. The highest BCUT2D eigenvalue weighted by Crippen LogP contribution is 2.31. The molecule has 1 N–H and O–H groups in total. The van der Waals surface area contributed by atoms with Gasteiger partial charge in [0.25, 0.3) is 5.56 Å². The number of Topliss-reactive ketones (excluding diaryl/α,β-unsaturated/α-hetero) is 1. The summed E-state index contributed by atoms with van der Waals surface area (Å²) in [5, 5.41) is 12.9. The molecule has 0 amide bonds. The van der Waals surface area contributed by atoms with Crippen molar-refractivity contribution in [3.63, 3.8) is 0 Å². The lowest BCUT2D eigenvalue weighted by Gasteiger charge is -2.14. The molecule has 0 saturated carbocycles. The zero-order valence-electron chi connectivity index (χ0n) is 16.6. The summed E-state index contributed by atoms with van der Waals surface area (Å²) in [7, 11) is 0. The second-order valence-electron chi connectivity index (χ2n) is 7.08. The van der Waals surface area contributed by atoms with Crippen molar-refractivity contribution in [2.75, 3.05) is 6.61 Å². The molecule has 0 fully saturated rings. The van der Waals surface area contributed by atoms with E-state index < -0.39 is 6.10 Å². The van der Waals surface area contributed by atoms with Crippen molar-refractivity contribution < 1.29 is 14.6 Å². The first-order valence-corrected chi connectivity index (χ1v) is 11.2. The molecule has 0 aliphatic carbocycles. The van der Waals surface area contributed by atoms with E-state index in [0.717, 1.165) is 15.6 Å². The van der Waals surface area contributed by atoms with Crippen LogP contribution in [-0.2, 0) is 6.54 Å². The van der Waals surface area contributed by atoms with Gasteiger partial charge in [-0.15, -0.1) is 11.3 Å². The second kappa shape index (κ2) is 9.13. The predicted octanol–water partition coefficient (Wildman–Crippen LogP) is 4.53. The van der Waals surface area contributed by atoms with Crippen LogP contribution >= 0.6 is 27.3 Å². The number of benzene rings is 2. The minimum atomic E-state index is -0.904. The van der Waals surface area contributed by atoms with Crippen molar-refractivity contribution in [2.45, 2.75) is 19.6 Å². The minimum Gasteiger partial charge on any atom is -0.491 e. The molecule has 6 nitrogen and oxygen atoms in total. The van der Waals surface area contributed by atoms with Crippen LogP contribution in [0.5, 0.6) is 5.75 Å². The molecule has 0 aliphatic heterocycles. The van der Waals surface area contributed by atoms with Crippen molar-refractivity contribution in [1.82, 2.24) is 9.55 Å². The van der Waals surface area contributed by atoms with Crippen LogP contribution in [-0.4, -0.2) is 33.2 Å². The molecule has 158 valence electrons. The standard InChI is InChI=1S/C23H19BrN2O4S/c1-14(27)15-4-8-19(9-5-15)30-11-18(28)10-26-13-25-22-21(23(26)29)20(12-31-22)16-2-6-17(24)7-3-16/h2-9,12-13,18,28H,10-11H2,1H3. The van der Waals surface area contributed by atoms with Crippen LogP contribution in [0.4, 0.5) is 0 Å². The molecule has 8 heteroatoms. The minimum absolute atomic E-state index is 0.00705. The van der Waals surface area contributed by atoms with Gasteiger partial charge in [0, 0.05) is 21.0 Å². The molecular formula is C23H19BrN2O4S. The highest BCUT2D eigenvalue weighted by Gasteiger charge is 2.15. The lowest BCUT2D eigenvalue weighted by atomic mass is 10.1. The fraction of sp³-hybridized carbons (Fsp3) is 0.174. The van der Waals surface area contributed by atoms with E-state index in [0.29, 0.717) is 21.5 Å². The number of carbonyl (C=O) groups is 1.